The molecule has 5 nitrogen and oxygen atoms in total. The Morgan fingerprint density at radius 2 is 2.00 bits per heavy atom. The van der Waals surface area contributed by atoms with Gasteiger partial charge in [-0.05, 0) is 31.5 Å². The first kappa shape index (κ1) is 13.9. The highest BCUT2D eigenvalue weighted by Crippen LogP contribution is 2.16. The van der Waals surface area contributed by atoms with Gasteiger partial charge >= 0.3 is 0 Å². The van der Waals surface area contributed by atoms with E-state index in [0.29, 0.717) is 11.3 Å². The number of anilines is 1. The summed E-state index contributed by atoms with van der Waals surface area (Å²) in [7, 11) is 0. The van der Waals surface area contributed by atoms with E-state index in [4.69, 9.17) is 0 Å². The maximum Gasteiger partial charge on any atom is 0.277 e. The smallest absolute Gasteiger partial charge is 0.277 e. The van der Waals surface area contributed by atoms with Crippen LogP contribution < -0.4 is 10.9 Å². The summed E-state index contributed by atoms with van der Waals surface area (Å²) in [5, 5.41) is 8.05. The van der Waals surface area contributed by atoms with E-state index in [0.717, 1.165) is 18.2 Å². The molecule has 2 aromatic rings. The maximum atomic E-state index is 13.4. The summed E-state index contributed by atoms with van der Waals surface area (Å²) in [4.78, 5) is 23.7. The quantitative estimate of drug-likeness (QED) is 0.881. The van der Waals surface area contributed by atoms with Gasteiger partial charge in [-0.3, -0.25) is 9.59 Å². The van der Waals surface area contributed by atoms with Gasteiger partial charge in [-0.2, -0.15) is 5.10 Å². The molecule has 1 aromatic heterocycles. The molecule has 0 bridgehead atoms. The van der Waals surface area contributed by atoms with Crippen LogP contribution in [0.1, 0.15) is 21.6 Å². The fourth-order valence-electron chi connectivity index (χ4n) is 1.68. The number of benzene rings is 1. The molecular formula is C13H11F2N3O2. The number of nitrogens with zero attached hydrogens (tertiary/aromatic N) is 1. The molecule has 1 amide bonds. The van der Waals surface area contributed by atoms with Crippen molar-refractivity contribution in [2.75, 3.05) is 5.32 Å². The lowest BCUT2D eigenvalue weighted by atomic mass is 10.1. The molecule has 0 radical (unpaired) electrons. The van der Waals surface area contributed by atoms with E-state index in [9.17, 15) is 18.4 Å². The van der Waals surface area contributed by atoms with Crippen LogP contribution >= 0.6 is 0 Å². The number of carbonyl (C=O) groups excluding carboxylic acids is 1. The van der Waals surface area contributed by atoms with Crippen LogP contribution in [-0.2, 0) is 0 Å². The summed E-state index contributed by atoms with van der Waals surface area (Å²) >= 11 is 0. The van der Waals surface area contributed by atoms with Crippen molar-refractivity contribution in [3.63, 3.8) is 0 Å². The van der Waals surface area contributed by atoms with Gasteiger partial charge in [-0.1, -0.05) is 0 Å². The summed E-state index contributed by atoms with van der Waals surface area (Å²) in [6, 6.07) is 2.66. The van der Waals surface area contributed by atoms with Crippen molar-refractivity contribution < 1.29 is 13.6 Å². The third-order valence-corrected chi connectivity index (χ3v) is 2.87. The molecule has 7 heteroatoms. The Hall–Kier alpha value is -2.57. The fourth-order valence-corrected chi connectivity index (χ4v) is 1.68. The third-order valence-electron chi connectivity index (χ3n) is 2.87. The molecule has 0 aliphatic rings. The SMILES string of the molecule is Cc1n[nH]c(=O)c(C(=O)Nc2cc(F)ccc2F)c1C. The molecule has 104 valence electrons. The predicted molar refractivity (Wildman–Crippen MR) is 68.6 cm³/mol. The highest BCUT2D eigenvalue weighted by Gasteiger charge is 2.17. The number of amides is 1. The number of nitrogens with one attached hydrogen (secondary N) is 2. The minimum Gasteiger partial charge on any atom is -0.319 e. The van der Waals surface area contributed by atoms with Crippen molar-refractivity contribution in [1.29, 1.82) is 0 Å². The topological polar surface area (TPSA) is 74.8 Å². The number of hydrogen-bond acceptors (Lipinski definition) is 3. The third kappa shape index (κ3) is 2.56. The molecule has 1 heterocycles. The molecule has 0 unspecified atom stereocenters. The maximum absolute atomic E-state index is 13.4. The summed E-state index contributed by atoms with van der Waals surface area (Å²) in [6.45, 7) is 3.17. The van der Waals surface area contributed by atoms with Gasteiger partial charge in [0.25, 0.3) is 11.5 Å². The lowest BCUT2D eigenvalue weighted by Gasteiger charge is -2.08. The molecule has 0 aliphatic heterocycles. The van der Waals surface area contributed by atoms with E-state index >= 15 is 0 Å². The lowest BCUT2D eigenvalue weighted by molar-refractivity contribution is 0.102. The molecule has 0 spiro atoms. The Kier molecular flexibility index (Phi) is 3.60. The Balaban J connectivity index is 2.41. The van der Waals surface area contributed by atoms with Crippen LogP contribution in [-0.4, -0.2) is 16.1 Å². The number of aromatic nitrogens is 2. The Morgan fingerprint density at radius 1 is 1.30 bits per heavy atom. The minimum absolute atomic E-state index is 0.179. The Bertz CT molecular complexity index is 741. The first-order valence-electron chi connectivity index (χ1n) is 5.72. The standard InChI is InChI=1S/C13H11F2N3O2/c1-6-7(2)17-18-13(20)11(6)12(19)16-10-5-8(14)3-4-9(10)15/h3-5H,1-2H3,(H,16,19)(H,18,20). The summed E-state index contributed by atoms with van der Waals surface area (Å²) in [6.07, 6.45) is 0. The van der Waals surface area contributed by atoms with Gasteiger partial charge in [0, 0.05) is 6.07 Å². The average Bonchev–Trinajstić information content (AvgIpc) is 2.39. The van der Waals surface area contributed by atoms with Crippen LogP contribution in [0, 0.1) is 25.5 Å². The second-order valence-electron chi connectivity index (χ2n) is 4.22. The van der Waals surface area contributed by atoms with Crippen LogP contribution in [0.5, 0.6) is 0 Å². The highest BCUT2D eigenvalue weighted by molar-refractivity contribution is 6.05. The van der Waals surface area contributed by atoms with Crippen molar-refractivity contribution in [2.24, 2.45) is 0 Å². The number of aryl methyl sites for hydroxylation is 1. The van der Waals surface area contributed by atoms with E-state index in [1.165, 1.54) is 0 Å². The second kappa shape index (κ2) is 5.20. The second-order valence-corrected chi connectivity index (χ2v) is 4.22. The molecule has 0 saturated carbocycles. The van der Waals surface area contributed by atoms with Crippen molar-refractivity contribution in [1.82, 2.24) is 10.2 Å². The van der Waals surface area contributed by atoms with Crippen molar-refractivity contribution in [3.05, 3.63) is 57.0 Å². The van der Waals surface area contributed by atoms with Crippen LogP contribution in [0.25, 0.3) is 0 Å². The Morgan fingerprint density at radius 3 is 2.70 bits per heavy atom. The van der Waals surface area contributed by atoms with Crippen LogP contribution in [0.15, 0.2) is 23.0 Å². The van der Waals surface area contributed by atoms with Crippen molar-refractivity contribution >= 4 is 11.6 Å². The molecular weight excluding hydrogens is 268 g/mol. The number of H-pyrrole nitrogens is 1. The van der Waals surface area contributed by atoms with Crippen LogP contribution in [0.4, 0.5) is 14.5 Å². The van der Waals surface area contributed by atoms with E-state index < -0.39 is 23.1 Å². The molecule has 2 N–H and O–H groups in total. The van der Waals surface area contributed by atoms with Crippen LogP contribution in [0.3, 0.4) is 0 Å². The average molecular weight is 279 g/mol. The molecule has 0 atom stereocenters. The van der Waals surface area contributed by atoms with Gasteiger partial charge in [0.05, 0.1) is 11.4 Å². The minimum atomic E-state index is -0.821. The Labute approximate surface area is 112 Å². The predicted octanol–water partition coefficient (Wildman–Crippen LogP) is 1.92. The molecule has 0 saturated heterocycles. The van der Waals surface area contributed by atoms with Gasteiger partial charge in [0.15, 0.2) is 0 Å². The van der Waals surface area contributed by atoms with E-state index in [1.807, 2.05) is 0 Å². The zero-order valence-corrected chi connectivity index (χ0v) is 10.8. The van der Waals surface area contributed by atoms with Crippen molar-refractivity contribution in [3.8, 4) is 0 Å². The van der Waals surface area contributed by atoms with Crippen molar-refractivity contribution in [2.45, 2.75) is 13.8 Å². The first-order valence-corrected chi connectivity index (χ1v) is 5.72. The van der Waals surface area contributed by atoms with Gasteiger partial charge < -0.3 is 5.32 Å². The number of halogens is 2. The number of carbonyl (C=O) groups is 1. The highest BCUT2D eigenvalue weighted by atomic mass is 19.1. The van der Waals surface area contributed by atoms with E-state index in [-0.39, 0.29) is 11.3 Å². The summed E-state index contributed by atoms with van der Waals surface area (Å²) in [5.74, 6) is -2.31. The number of hydrogen-bond donors (Lipinski definition) is 2. The zero-order valence-electron chi connectivity index (χ0n) is 10.8. The summed E-state index contributed by atoms with van der Waals surface area (Å²) in [5.41, 5.74) is -0.357. The fraction of sp³-hybridized carbons (Fsp3) is 0.154. The van der Waals surface area contributed by atoms with Gasteiger partial charge in [0.1, 0.15) is 17.2 Å². The normalized spacial score (nSPS) is 10.4. The summed E-state index contributed by atoms with van der Waals surface area (Å²) < 4.78 is 26.5. The molecule has 0 aliphatic carbocycles. The zero-order chi connectivity index (χ0) is 14.9. The molecule has 1 aromatic carbocycles. The number of aromatic amines is 1. The first-order chi connectivity index (χ1) is 9.40. The van der Waals surface area contributed by atoms with Crippen LogP contribution in [0.2, 0.25) is 0 Å². The van der Waals surface area contributed by atoms with E-state index in [1.54, 1.807) is 13.8 Å². The van der Waals surface area contributed by atoms with Gasteiger partial charge in [0.2, 0.25) is 0 Å². The van der Waals surface area contributed by atoms with Gasteiger partial charge in [-0.15, -0.1) is 0 Å². The lowest BCUT2D eigenvalue weighted by Crippen LogP contribution is -2.26. The number of rotatable bonds is 2. The molecule has 0 fully saturated rings. The monoisotopic (exact) mass is 279 g/mol. The van der Waals surface area contributed by atoms with Gasteiger partial charge in [-0.25, -0.2) is 13.9 Å². The van der Waals surface area contributed by atoms with E-state index in [2.05, 4.69) is 15.5 Å². The largest absolute Gasteiger partial charge is 0.319 e. The molecule has 2 rings (SSSR count). The molecule has 20 heavy (non-hydrogen) atoms.